The number of carbonyl (C=O) groups excluding carboxylic acids is 2. The van der Waals surface area contributed by atoms with E-state index in [0.29, 0.717) is 26.3 Å². The SMILES string of the molecule is O=C(N/N=C/c1cc(Br)ccc1OC(=O)c1ccc(Cl)cc1)c1ccc(NS(=O)(=O)c2ccccc2)cc1. The number of hydrogen-bond acceptors (Lipinski definition) is 6. The minimum absolute atomic E-state index is 0.127. The Morgan fingerprint density at radius 2 is 1.53 bits per heavy atom. The second-order valence-corrected chi connectivity index (χ2v) is 10.8. The first-order valence-electron chi connectivity index (χ1n) is 11.0. The first kappa shape index (κ1) is 27.1. The van der Waals surface area contributed by atoms with E-state index in [1.807, 2.05) is 0 Å². The van der Waals surface area contributed by atoms with Crippen LogP contribution in [0.2, 0.25) is 5.02 Å². The van der Waals surface area contributed by atoms with Gasteiger partial charge in [0, 0.05) is 26.3 Å². The van der Waals surface area contributed by atoms with Crippen molar-refractivity contribution in [1.29, 1.82) is 0 Å². The lowest BCUT2D eigenvalue weighted by Crippen LogP contribution is -2.18. The Balaban J connectivity index is 1.40. The van der Waals surface area contributed by atoms with E-state index in [9.17, 15) is 18.0 Å². The average molecular weight is 613 g/mol. The van der Waals surface area contributed by atoms with Crippen molar-refractivity contribution in [2.45, 2.75) is 4.90 Å². The van der Waals surface area contributed by atoms with Crippen LogP contribution in [0.3, 0.4) is 0 Å². The van der Waals surface area contributed by atoms with E-state index < -0.39 is 21.9 Å². The number of hydrogen-bond donors (Lipinski definition) is 2. The zero-order chi connectivity index (χ0) is 27.1. The van der Waals surface area contributed by atoms with E-state index in [1.54, 1.807) is 60.7 Å². The summed E-state index contributed by atoms with van der Waals surface area (Å²) in [6, 6.07) is 25.1. The predicted molar refractivity (Wildman–Crippen MR) is 149 cm³/mol. The van der Waals surface area contributed by atoms with E-state index in [-0.39, 0.29) is 16.2 Å². The molecule has 4 aromatic rings. The number of amides is 1. The maximum absolute atomic E-state index is 12.5. The molecular weight excluding hydrogens is 594 g/mol. The zero-order valence-electron chi connectivity index (χ0n) is 19.5. The number of esters is 1. The van der Waals surface area contributed by atoms with Crippen molar-refractivity contribution >= 4 is 61.3 Å². The second-order valence-electron chi connectivity index (χ2n) is 7.77. The first-order valence-corrected chi connectivity index (χ1v) is 13.7. The fraction of sp³-hybridized carbons (Fsp3) is 0. The monoisotopic (exact) mass is 611 g/mol. The molecule has 0 aliphatic heterocycles. The van der Waals surface area contributed by atoms with Crippen LogP contribution in [0.4, 0.5) is 5.69 Å². The molecule has 0 aromatic heterocycles. The molecular formula is C27H19BrClN3O5S. The summed E-state index contributed by atoms with van der Waals surface area (Å²) in [6.07, 6.45) is 1.34. The highest BCUT2D eigenvalue weighted by molar-refractivity contribution is 9.10. The maximum Gasteiger partial charge on any atom is 0.343 e. The summed E-state index contributed by atoms with van der Waals surface area (Å²) in [4.78, 5) is 25.1. The molecule has 0 atom stereocenters. The van der Waals surface area contributed by atoms with E-state index in [1.165, 1.54) is 42.6 Å². The van der Waals surface area contributed by atoms with Gasteiger partial charge < -0.3 is 4.74 Å². The Kier molecular flexibility index (Phi) is 8.57. The van der Waals surface area contributed by atoms with Crippen LogP contribution in [0.25, 0.3) is 0 Å². The Bertz CT molecular complexity index is 1590. The van der Waals surface area contributed by atoms with Gasteiger partial charge >= 0.3 is 5.97 Å². The van der Waals surface area contributed by atoms with Gasteiger partial charge in [-0.3, -0.25) is 9.52 Å². The number of nitrogens with zero attached hydrogens (tertiary/aromatic N) is 1. The van der Waals surface area contributed by atoms with E-state index in [0.717, 1.165) is 0 Å². The van der Waals surface area contributed by atoms with Crippen molar-refractivity contribution in [2.75, 3.05) is 4.72 Å². The van der Waals surface area contributed by atoms with Gasteiger partial charge in [0.25, 0.3) is 15.9 Å². The van der Waals surface area contributed by atoms with Gasteiger partial charge in [-0.15, -0.1) is 0 Å². The number of rotatable bonds is 8. The summed E-state index contributed by atoms with van der Waals surface area (Å²) < 4.78 is 33.6. The molecule has 0 aliphatic rings. The van der Waals surface area contributed by atoms with Gasteiger partial charge in [0.05, 0.1) is 16.7 Å². The lowest BCUT2D eigenvalue weighted by atomic mass is 10.2. The molecule has 11 heteroatoms. The van der Waals surface area contributed by atoms with Crippen LogP contribution in [0.1, 0.15) is 26.3 Å². The number of nitrogens with one attached hydrogen (secondary N) is 2. The smallest absolute Gasteiger partial charge is 0.343 e. The molecule has 0 heterocycles. The van der Waals surface area contributed by atoms with Crippen LogP contribution in [-0.4, -0.2) is 26.5 Å². The minimum atomic E-state index is -3.75. The third-order valence-corrected chi connectivity index (χ3v) is 7.22. The van der Waals surface area contributed by atoms with Crippen LogP contribution in [0, 0.1) is 0 Å². The molecule has 192 valence electrons. The normalized spacial score (nSPS) is 11.2. The standard InChI is InChI=1S/C27H19BrClN3O5S/c28-21-10-15-25(37-27(34)19-6-11-22(29)12-7-19)20(16-21)17-30-31-26(33)18-8-13-23(14-9-18)32-38(35,36)24-4-2-1-3-5-24/h1-17,32H,(H,31,33)/b30-17+. The molecule has 4 rings (SSSR count). The van der Waals surface area contributed by atoms with Crippen molar-refractivity contribution in [1.82, 2.24) is 5.43 Å². The van der Waals surface area contributed by atoms with Crippen LogP contribution in [0.15, 0.2) is 112 Å². The van der Waals surface area contributed by atoms with Gasteiger partial charge in [-0.2, -0.15) is 5.10 Å². The topological polar surface area (TPSA) is 114 Å². The number of hydrazone groups is 1. The highest BCUT2D eigenvalue weighted by atomic mass is 79.9. The lowest BCUT2D eigenvalue weighted by Gasteiger charge is -2.09. The van der Waals surface area contributed by atoms with Gasteiger partial charge in [-0.05, 0) is 78.9 Å². The summed E-state index contributed by atoms with van der Waals surface area (Å²) in [5.41, 5.74) is 3.72. The van der Waals surface area contributed by atoms with Crippen molar-refractivity contribution in [3.63, 3.8) is 0 Å². The summed E-state index contributed by atoms with van der Waals surface area (Å²) in [6.45, 7) is 0. The molecule has 38 heavy (non-hydrogen) atoms. The fourth-order valence-electron chi connectivity index (χ4n) is 3.19. The highest BCUT2D eigenvalue weighted by Gasteiger charge is 2.14. The number of ether oxygens (including phenoxy) is 1. The highest BCUT2D eigenvalue weighted by Crippen LogP contribution is 2.23. The molecule has 4 aromatic carbocycles. The first-order chi connectivity index (χ1) is 18.2. The van der Waals surface area contributed by atoms with E-state index >= 15 is 0 Å². The summed E-state index contributed by atoms with van der Waals surface area (Å²) in [7, 11) is -3.75. The Morgan fingerprint density at radius 3 is 2.21 bits per heavy atom. The molecule has 0 aliphatic carbocycles. The molecule has 0 spiro atoms. The Hall–Kier alpha value is -3.99. The van der Waals surface area contributed by atoms with Gasteiger partial charge in [0.1, 0.15) is 5.75 Å². The van der Waals surface area contributed by atoms with E-state index in [2.05, 4.69) is 31.2 Å². The van der Waals surface area contributed by atoms with E-state index in [4.69, 9.17) is 16.3 Å². The summed E-state index contributed by atoms with van der Waals surface area (Å²) >= 11 is 9.23. The van der Waals surface area contributed by atoms with Gasteiger partial charge in [0.15, 0.2) is 0 Å². The quantitative estimate of drug-likeness (QED) is 0.112. The third-order valence-electron chi connectivity index (χ3n) is 5.08. The third kappa shape index (κ3) is 7.06. The summed E-state index contributed by atoms with van der Waals surface area (Å²) in [5, 5.41) is 4.46. The van der Waals surface area contributed by atoms with Crippen LogP contribution in [0.5, 0.6) is 5.75 Å². The number of carbonyl (C=O) groups is 2. The molecule has 0 saturated carbocycles. The summed E-state index contributed by atoms with van der Waals surface area (Å²) in [5.74, 6) is -0.861. The molecule has 0 fully saturated rings. The molecule has 0 radical (unpaired) electrons. The average Bonchev–Trinajstić information content (AvgIpc) is 2.91. The Morgan fingerprint density at radius 1 is 0.868 bits per heavy atom. The second kappa shape index (κ2) is 12.0. The number of benzene rings is 4. The molecule has 8 nitrogen and oxygen atoms in total. The lowest BCUT2D eigenvalue weighted by molar-refractivity contribution is 0.0734. The van der Waals surface area contributed by atoms with Crippen LogP contribution >= 0.6 is 27.5 Å². The molecule has 0 saturated heterocycles. The van der Waals surface area contributed by atoms with Crippen molar-refractivity contribution < 1.29 is 22.7 Å². The van der Waals surface area contributed by atoms with Crippen molar-refractivity contribution in [3.05, 3.63) is 123 Å². The molecule has 1 amide bonds. The fourth-order valence-corrected chi connectivity index (χ4v) is 4.77. The minimum Gasteiger partial charge on any atom is -0.422 e. The van der Waals surface area contributed by atoms with Crippen LogP contribution in [-0.2, 0) is 10.0 Å². The van der Waals surface area contributed by atoms with Gasteiger partial charge in [-0.1, -0.05) is 45.7 Å². The van der Waals surface area contributed by atoms with Crippen LogP contribution < -0.4 is 14.9 Å². The largest absolute Gasteiger partial charge is 0.422 e. The predicted octanol–water partition coefficient (Wildman–Crippen LogP) is 5.89. The number of sulfonamides is 1. The molecule has 2 N–H and O–H groups in total. The number of halogens is 2. The molecule has 0 unspecified atom stereocenters. The van der Waals surface area contributed by atoms with Gasteiger partial charge in [0.2, 0.25) is 0 Å². The number of anilines is 1. The maximum atomic E-state index is 12.5. The van der Waals surface area contributed by atoms with Crippen molar-refractivity contribution in [3.8, 4) is 5.75 Å². The zero-order valence-corrected chi connectivity index (χ0v) is 22.6. The molecule has 0 bridgehead atoms. The van der Waals surface area contributed by atoms with Crippen molar-refractivity contribution in [2.24, 2.45) is 5.10 Å². The Labute approximate surface area is 232 Å². The van der Waals surface area contributed by atoms with Gasteiger partial charge in [-0.25, -0.2) is 18.6 Å².